The molecule has 1 aromatic carbocycles. The number of aliphatic carboxylic acids is 1. The van der Waals surface area contributed by atoms with Gasteiger partial charge in [-0.3, -0.25) is 14.4 Å². The first-order valence-electron chi connectivity index (χ1n) is 7.06. The molecule has 1 fully saturated rings. The molecule has 0 aliphatic carbocycles. The summed E-state index contributed by atoms with van der Waals surface area (Å²) >= 11 is 0. The topological polar surface area (TPSA) is 124 Å². The number of rotatable bonds is 5. The molecule has 9 nitrogen and oxygen atoms in total. The van der Waals surface area contributed by atoms with E-state index in [1.54, 1.807) is 0 Å². The summed E-state index contributed by atoms with van der Waals surface area (Å²) < 4.78 is 26.2. The van der Waals surface area contributed by atoms with Crippen LogP contribution in [-0.2, 0) is 19.6 Å². The van der Waals surface area contributed by atoms with Crippen molar-refractivity contribution < 1.29 is 27.9 Å². The van der Waals surface area contributed by atoms with Crippen molar-refractivity contribution in [1.29, 1.82) is 0 Å². The highest BCUT2D eigenvalue weighted by Crippen LogP contribution is 2.18. The molecule has 24 heavy (non-hydrogen) atoms. The van der Waals surface area contributed by atoms with Gasteiger partial charge in [0, 0.05) is 25.7 Å². The maximum absolute atomic E-state index is 12.6. The summed E-state index contributed by atoms with van der Waals surface area (Å²) in [5.74, 6) is -2.17. The number of carboxylic acid groups (broad SMARTS) is 1. The van der Waals surface area contributed by atoms with Crippen LogP contribution in [-0.4, -0.2) is 73.7 Å². The summed E-state index contributed by atoms with van der Waals surface area (Å²) in [6.07, 6.45) is 0. The van der Waals surface area contributed by atoms with Crippen molar-refractivity contribution in [2.45, 2.75) is 4.90 Å². The number of nitrogens with one attached hydrogen (secondary N) is 1. The van der Waals surface area contributed by atoms with Crippen molar-refractivity contribution >= 4 is 27.8 Å². The van der Waals surface area contributed by atoms with Crippen molar-refractivity contribution in [3.05, 3.63) is 29.8 Å². The van der Waals surface area contributed by atoms with Crippen LogP contribution < -0.4 is 5.32 Å². The van der Waals surface area contributed by atoms with E-state index in [9.17, 15) is 22.8 Å². The van der Waals surface area contributed by atoms with E-state index in [1.807, 2.05) is 0 Å². The normalized spacial score (nSPS) is 15.6. The molecule has 1 heterocycles. The van der Waals surface area contributed by atoms with Gasteiger partial charge in [0.05, 0.1) is 11.4 Å². The summed E-state index contributed by atoms with van der Waals surface area (Å²) in [7, 11) is -2.60. The lowest BCUT2D eigenvalue weighted by Crippen LogP contribution is -2.49. The molecule has 0 unspecified atom stereocenters. The van der Waals surface area contributed by atoms with Crippen LogP contribution in [0.2, 0.25) is 0 Å². The smallest absolute Gasteiger partial charge is 0.323 e. The zero-order valence-corrected chi connectivity index (χ0v) is 13.7. The second kappa shape index (κ2) is 6.97. The number of hydrogen-bond donors (Lipinski definition) is 2. The average molecular weight is 355 g/mol. The van der Waals surface area contributed by atoms with Crippen molar-refractivity contribution in [1.82, 2.24) is 14.5 Å². The van der Waals surface area contributed by atoms with E-state index in [0.717, 1.165) is 9.21 Å². The molecule has 1 aliphatic rings. The quantitative estimate of drug-likeness (QED) is 0.695. The lowest BCUT2D eigenvalue weighted by Gasteiger charge is -2.26. The van der Waals surface area contributed by atoms with Crippen LogP contribution >= 0.6 is 0 Å². The maximum Gasteiger partial charge on any atom is 0.323 e. The third kappa shape index (κ3) is 3.89. The Morgan fingerprint density at radius 1 is 1.38 bits per heavy atom. The van der Waals surface area contributed by atoms with Crippen LogP contribution in [0.15, 0.2) is 29.2 Å². The Bertz CT molecular complexity index is 776. The van der Waals surface area contributed by atoms with Gasteiger partial charge in [-0.05, 0) is 18.2 Å². The monoisotopic (exact) mass is 355 g/mol. The SMILES string of the molecule is CN(CC(=O)O)C(=O)c1cccc(S(=O)(=O)N2CCNC(=O)C2)c1. The maximum atomic E-state index is 12.6. The summed E-state index contributed by atoms with van der Waals surface area (Å²) in [5.41, 5.74) is 0.0567. The van der Waals surface area contributed by atoms with Gasteiger partial charge >= 0.3 is 5.97 Å². The molecule has 1 aliphatic heterocycles. The number of benzene rings is 1. The Morgan fingerprint density at radius 2 is 2.08 bits per heavy atom. The third-order valence-electron chi connectivity index (χ3n) is 3.44. The minimum atomic E-state index is -3.91. The molecule has 0 radical (unpaired) electrons. The predicted molar refractivity (Wildman–Crippen MR) is 82.8 cm³/mol. The Morgan fingerprint density at radius 3 is 2.71 bits per heavy atom. The number of likely N-dealkylation sites (N-methyl/N-ethyl adjacent to an activating group) is 1. The number of amides is 2. The van der Waals surface area contributed by atoms with Crippen LogP contribution in [0.1, 0.15) is 10.4 Å². The standard InChI is InChI=1S/C14H17N3O6S/c1-16(9-13(19)20)14(21)10-3-2-4-11(7-10)24(22,23)17-6-5-15-12(18)8-17/h2-4,7H,5-6,8-9H2,1H3,(H,15,18)(H,19,20). The van der Waals surface area contributed by atoms with Gasteiger partial charge in [0.25, 0.3) is 5.91 Å². The van der Waals surface area contributed by atoms with Gasteiger partial charge in [-0.25, -0.2) is 8.42 Å². The molecule has 0 bridgehead atoms. The van der Waals surface area contributed by atoms with Gasteiger partial charge < -0.3 is 15.3 Å². The summed E-state index contributed by atoms with van der Waals surface area (Å²) in [6.45, 7) is -0.412. The fourth-order valence-corrected chi connectivity index (χ4v) is 3.70. The Labute approximate surface area is 138 Å². The number of hydrogen-bond acceptors (Lipinski definition) is 5. The molecule has 2 amide bonds. The molecular weight excluding hydrogens is 338 g/mol. The molecule has 2 rings (SSSR count). The Hall–Kier alpha value is -2.46. The van der Waals surface area contributed by atoms with Gasteiger partial charge in [0.1, 0.15) is 6.54 Å². The zero-order valence-electron chi connectivity index (χ0n) is 12.9. The van der Waals surface area contributed by atoms with Crippen molar-refractivity contribution in [2.75, 3.05) is 33.2 Å². The van der Waals surface area contributed by atoms with E-state index in [4.69, 9.17) is 5.11 Å². The number of carbonyl (C=O) groups is 3. The fourth-order valence-electron chi connectivity index (χ4n) is 2.25. The van der Waals surface area contributed by atoms with Crippen LogP contribution in [0.5, 0.6) is 0 Å². The second-order valence-electron chi connectivity index (χ2n) is 5.27. The first-order valence-corrected chi connectivity index (χ1v) is 8.50. The number of piperazine rings is 1. The molecule has 0 spiro atoms. The predicted octanol–water partition coefficient (Wildman–Crippen LogP) is -1.04. The summed E-state index contributed by atoms with van der Waals surface area (Å²) in [4.78, 5) is 35.1. The Balaban J connectivity index is 2.27. The molecule has 0 aromatic heterocycles. The number of sulfonamides is 1. The van der Waals surface area contributed by atoms with E-state index in [0.29, 0.717) is 0 Å². The minimum Gasteiger partial charge on any atom is -0.480 e. The van der Waals surface area contributed by atoms with E-state index in [2.05, 4.69) is 5.32 Å². The van der Waals surface area contributed by atoms with E-state index in [1.165, 1.54) is 31.3 Å². The molecule has 10 heteroatoms. The van der Waals surface area contributed by atoms with E-state index >= 15 is 0 Å². The largest absolute Gasteiger partial charge is 0.480 e. The van der Waals surface area contributed by atoms with Crippen LogP contribution in [0.4, 0.5) is 0 Å². The summed E-state index contributed by atoms with van der Waals surface area (Å²) in [6, 6.07) is 5.32. The lowest BCUT2D eigenvalue weighted by molar-refractivity contribution is -0.137. The highest BCUT2D eigenvalue weighted by molar-refractivity contribution is 7.89. The van der Waals surface area contributed by atoms with E-state index in [-0.39, 0.29) is 30.1 Å². The van der Waals surface area contributed by atoms with E-state index < -0.39 is 34.4 Å². The van der Waals surface area contributed by atoms with Gasteiger partial charge in [0.2, 0.25) is 15.9 Å². The minimum absolute atomic E-state index is 0.0567. The van der Waals surface area contributed by atoms with Crippen LogP contribution in [0.25, 0.3) is 0 Å². The van der Waals surface area contributed by atoms with Crippen molar-refractivity contribution in [2.24, 2.45) is 0 Å². The molecule has 1 aromatic rings. The molecule has 2 N–H and O–H groups in total. The molecule has 130 valence electrons. The van der Waals surface area contributed by atoms with Crippen molar-refractivity contribution in [3.8, 4) is 0 Å². The van der Waals surface area contributed by atoms with Crippen molar-refractivity contribution in [3.63, 3.8) is 0 Å². The Kier molecular flexibility index (Phi) is 5.20. The lowest BCUT2D eigenvalue weighted by atomic mass is 10.2. The summed E-state index contributed by atoms with van der Waals surface area (Å²) in [5, 5.41) is 11.3. The number of carboxylic acids is 1. The molecular formula is C14H17N3O6S. The fraction of sp³-hybridized carbons (Fsp3) is 0.357. The second-order valence-corrected chi connectivity index (χ2v) is 7.21. The first-order chi connectivity index (χ1) is 11.2. The highest BCUT2D eigenvalue weighted by atomic mass is 32.2. The molecule has 1 saturated heterocycles. The van der Waals surface area contributed by atoms with Gasteiger partial charge in [-0.1, -0.05) is 6.07 Å². The van der Waals surface area contributed by atoms with Crippen LogP contribution in [0.3, 0.4) is 0 Å². The number of carbonyl (C=O) groups excluding carboxylic acids is 2. The first kappa shape index (κ1) is 17.9. The molecule has 0 saturated carbocycles. The average Bonchev–Trinajstić information content (AvgIpc) is 2.53. The highest BCUT2D eigenvalue weighted by Gasteiger charge is 2.29. The number of nitrogens with zero attached hydrogens (tertiary/aromatic N) is 2. The zero-order chi connectivity index (χ0) is 17.9. The van der Waals surface area contributed by atoms with Crippen LogP contribution in [0, 0.1) is 0 Å². The van der Waals surface area contributed by atoms with Gasteiger partial charge in [-0.15, -0.1) is 0 Å². The third-order valence-corrected chi connectivity index (χ3v) is 5.28. The van der Waals surface area contributed by atoms with Gasteiger partial charge in [-0.2, -0.15) is 4.31 Å². The van der Waals surface area contributed by atoms with Gasteiger partial charge in [0.15, 0.2) is 0 Å². The molecule has 0 atom stereocenters.